The van der Waals surface area contributed by atoms with E-state index in [0.717, 1.165) is 38.5 Å². The molecular weight excluding hydrogens is 380 g/mol. The largest absolute Gasteiger partial charge is 0.480 e. The Morgan fingerprint density at radius 1 is 1.00 bits per heavy atom. The SMILES string of the molecule is Cl.O=C(O)C1CCCN1CC(=O)N(C1CCCCC1)C1CCS(=O)(=O)C1. The van der Waals surface area contributed by atoms with Crippen LogP contribution in [0.4, 0.5) is 0 Å². The van der Waals surface area contributed by atoms with Gasteiger partial charge in [-0.15, -0.1) is 12.4 Å². The molecule has 3 aliphatic rings. The summed E-state index contributed by atoms with van der Waals surface area (Å²) in [5.41, 5.74) is 0. The molecule has 0 aromatic carbocycles. The third-order valence-electron chi connectivity index (χ3n) is 5.84. The maximum atomic E-state index is 13.1. The number of carbonyl (C=O) groups is 2. The molecule has 1 saturated carbocycles. The highest BCUT2D eigenvalue weighted by Gasteiger charge is 2.40. The molecule has 3 rings (SSSR count). The van der Waals surface area contributed by atoms with Crippen molar-refractivity contribution < 1.29 is 23.1 Å². The molecule has 2 unspecified atom stereocenters. The number of hydrogen-bond acceptors (Lipinski definition) is 5. The second-order valence-electron chi connectivity index (χ2n) is 7.62. The number of likely N-dealkylation sites (tertiary alicyclic amines) is 1. The lowest BCUT2D eigenvalue weighted by molar-refractivity contribution is -0.144. The van der Waals surface area contributed by atoms with Crippen molar-refractivity contribution in [1.29, 1.82) is 0 Å². The Balaban J connectivity index is 0.00000243. The van der Waals surface area contributed by atoms with Gasteiger partial charge in [-0.25, -0.2) is 8.42 Å². The van der Waals surface area contributed by atoms with Gasteiger partial charge in [-0.1, -0.05) is 19.3 Å². The predicted octanol–water partition coefficient (Wildman–Crippen LogP) is 1.31. The van der Waals surface area contributed by atoms with Crippen molar-refractivity contribution in [1.82, 2.24) is 9.80 Å². The minimum Gasteiger partial charge on any atom is -0.480 e. The summed E-state index contributed by atoms with van der Waals surface area (Å²) in [6.07, 6.45) is 7.00. The number of amides is 1. The number of rotatable bonds is 5. The van der Waals surface area contributed by atoms with Crippen molar-refractivity contribution in [2.75, 3.05) is 24.6 Å². The zero-order valence-electron chi connectivity index (χ0n) is 15.0. The van der Waals surface area contributed by atoms with Gasteiger partial charge in [0.15, 0.2) is 9.84 Å². The molecule has 0 spiro atoms. The Kier molecular flexibility index (Phi) is 7.33. The fourth-order valence-corrected chi connectivity index (χ4v) is 6.32. The number of sulfone groups is 1. The average molecular weight is 409 g/mol. The van der Waals surface area contributed by atoms with Crippen molar-refractivity contribution in [3.63, 3.8) is 0 Å². The highest BCUT2D eigenvalue weighted by atomic mass is 35.5. The van der Waals surface area contributed by atoms with Crippen LogP contribution >= 0.6 is 12.4 Å². The molecule has 1 aliphatic carbocycles. The minimum atomic E-state index is -3.07. The Morgan fingerprint density at radius 2 is 1.69 bits per heavy atom. The van der Waals surface area contributed by atoms with Crippen molar-refractivity contribution in [2.45, 2.75) is 69.5 Å². The summed E-state index contributed by atoms with van der Waals surface area (Å²) in [5, 5.41) is 9.32. The lowest BCUT2D eigenvalue weighted by Gasteiger charge is -2.39. The third kappa shape index (κ3) is 4.89. The smallest absolute Gasteiger partial charge is 0.320 e. The maximum absolute atomic E-state index is 13.1. The van der Waals surface area contributed by atoms with E-state index in [1.165, 1.54) is 0 Å². The van der Waals surface area contributed by atoms with E-state index in [1.807, 2.05) is 4.90 Å². The van der Waals surface area contributed by atoms with Crippen LogP contribution in [0.1, 0.15) is 51.4 Å². The predicted molar refractivity (Wildman–Crippen MR) is 100 cm³/mol. The molecule has 2 aliphatic heterocycles. The number of aliphatic carboxylic acids is 1. The van der Waals surface area contributed by atoms with E-state index in [-0.39, 0.29) is 48.4 Å². The standard InChI is InChI=1S/C17H28N2O5S.ClH/c20-16(11-18-9-4-7-15(18)17(21)22)19(13-5-2-1-3-6-13)14-8-10-25(23,24)12-14;/h13-15H,1-12H2,(H,21,22);1H. The molecule has 9 heteroatoms. The Bertz CT molecular complexity index is 621. The summed E-state index contributed by atoms with van der Waals surface area (Å²) >= 11 is 0. The second-order valence-corrected chi connectivity index (χ2v) is 9.85. The second kappa shape index (κ2) is 8.89. The van der Waals surface area contributed by atoms with Crippen LogP contribution in [-0.2, 0) is 19.4 Å². The van der Waals surface area contributed by atoms with Crippen LogP contribution in [0.5, 0.6) is 0 Å². The third-order valence-corrected chi connectivity index (χ3v) is 7.60. The molecule has 1 amide bonds. The highest BCUT2D eigenvalue weighted by Crippen LogP contribution is 2.29. The molecule has 2 heterocycles. The Hall–Kier alpha value is -0.860. The van der Waals surface area contributed by atoms with Crippen LogP contribution in [0, 0.1) is 0 Å². The number of carboxylic acids is 1. The molecule has 1 N–H and O–H groups in total. The van der Waals surface area contributed by atoms with Crippen molar-refractivity contribution in [3.05, 3.63) is 0 Å². The van der Waals surface area contributed by atoms with Gasteiger partial charge >= 0.3 is 5.97 Å². The van der Waals surface area contributed by atoms with Crippen molar-refractivity contribution in [3.8, 4) is 0 Å². The van der Waals surface area contributed by atoms with E-state index >= 15 is 0 Å². The zero-order chi connectivity index (χ0) is 18.0. The van der Waals surface area contributed by atoms with E-state index in [1.54, 1.807) is 4.90 Å². The number of hydrogen-bond donors (Lipinski definition) is 1. The fourth-order valence-electron chi connectivity index (χ4n) is 4.61. The molecule has 0 bridgehead atoms. The monoisotopic (exact) mass is 408 g/mol. The number of carboxylic acid groups (broad SMARTS) is 1. The summed E-state index contributed by atoms with van der Waals surface area (Å²) in [6.45, 7) is 0.703. The van der Waals surface area contributed by atoms with Crippen LogP contribution in [-0.4, -0.2) is 77.9 Å². The summed E-state index contributed by atoms with van der Waals surface area (Å²) in [5.74, 6) is -0.771. The van der Waals surface area contributed by atoms with Crippen LogP contribution in [0.15, 0.2) is 0 Å². The van der Waals surface area contributed by atoms with Crippen LogP contribution in [0.25, 0.3) is 0 Å². The van der Waals surface area contributed by atoms with Gasteiger partial charge in [-0.2, -0.15) is 0 Å². The summed E-state index contributed by atoms with van der Waals surface area (Å²) < 4.78 is 23.8. The summed E-state index contributed by atoms with van der Waals surface area (Å²) in [4.78, 5) is 28.0. The van der Waals surface area contributed by atoms with Gasteiger partial charge in [0, 0.05) is 12.1 Å². The number of carbonyl (C=O) groups excluding carboxylic acids is 1. The molecule has 2 saturated heterocycles. The minimum absolute atomic E-state index is 0. The normalized spacial score (nSPS) is 29.2. The fraction of sp³-hybridized carbons (Fsp3) is 0.882. The molecule has 26 heavy (non-hydrogen) atoms. The molecule has 7 nitrogen and oxygen atoms in total. The molecular formula is C17H29ClN2O5S. The molecule has 0 aromatic rings. The Labute approximate surface area is 161 Å². The van der Waals surface area contributed by atoms with Crippen LogP contribution in [0.2, 0.25) is 0 Å². The highest BCUT2D eigenvalue weighted by molar-refractivity contribution is 7.91. The van der Waals surface area contributed by atoms with Crippen molar-refractivity contribution in [2.24, 2.45) is 0 Å². The van der Waals surface area contributed by atoms with Crippen LogP contribution in [0.3, 0.4) is 0 Å². The first kappa shape index (κ1) is 21.4. The average Bonchev–Trinajstić information content (AvgIpc) is 3.15. The van der Waals surface area contributed by atoms with Crippen LogP contribution < -0.4 is 0 Å². The summed E-state index contributed by atoms with van der Waals surface area (Å²) in [7, 11) is -3.07. The van der Waals surface area contributed by atoms with E-state index in [2.05, 4.69) is 0 Å². The molecule has 2 atom stereocenters. The van der Waals surface area contributed by atoms with E-state index < -0.39 is 21.8 Å². The molecule has 3 fully saturated rings. The maximum Gasteiger partial charge on any atom is 0.320 e. The molecule has 0 radical (unpaired) electrons. The van der Waals surface area contributed by atoms with E-state index in [9.17, 15) is 23.1 Å². The number of nitrogens with zero attached hydrogens (tertiary/aromatic N) is 2. The van der Waals surface area contributed by atoms with Gasteiger partial charge in [0.25, 0.3) is 0 Å². The first-order valence-corrected chi connectivity index (χ1v) is 11.2. The first-order valence-electron chi connectivity index (χ1n) is 9.36. The van der Waals surface area contributed by atoms with Gasteiger partial charge in [0.05, 0.1) is 18.1 Å². The Morgan fingerprint density at radius 3 is 2.27 bits per heavy atom. The topological polar surface area (TPSA) is 95.0 Å². The van der Waals surface area contributed by atoms with E-state index in [4.69, 9.17) is 0 Å². The quantitative estimate of drug-likeness (QED) is 0.736. The first-order chi connectivity index (χ1) is 11.9. The van der Waals surface area contributed by atoms with Gasteiger partial charge in [0.2, 0.25) is 5.91 Å². The van der Waals surface area contributed by atoms with Gasteiger partial charge in [-0.05, 0) is 38.6 Å². The lowest BCUT2D eigenvalue weighted by atomic mass is 9.92. The van der Waals surface area contributed by atoms with Crippen molar-refractivity contribution >= 4 is 34.1 Å². The zero-order valence-corrected chi connectivity index (χ0v) is 16.6. The molecule has 150 valence electrons. The number of halogens is 1. The lowest BCUT2D eigenvalue weighted by Crippen LogP contribution is -2.53. The molecule has 0 aromatic heterocycles. The van der Waals surface area contributed by atoms with Gasteiger partial charge < -0.3 is 10.0 Å². The van der Waals surface area contributed by atoms with E-state index in [0.29, 0.717) is 19.4 Å². The van der Waals surface area contributed by atoms with Gasteiger partial charge in [0.1, 0.15) is 6.04 Å². The van der Waals surface area contributed by atoms with Gasteiger partial charge in [-0.3, -0.25) is 14.5 Å². The summed E-state index contributed by atoms with van der Waals surface area (Å²) in [6, 6.07) is -0.735.